The summed E-state index contributed by atoms with van der Waals surface area (Å²) in [5, 5.41) is 0. The van der Waals surface area contributed by atoms with E-state index >= 15 is 0 Å². The minimum atomic E-state index is -0.403. The van der Waals surface area contributed by atoms with Crippen molar-refractivity contribution in [2.75, 3.05) is 14.2 Å². The van der Waals surface area contributed by atoms with Crippen LogP contribution < -0.4 is 14.2 Å². The third-order valence-electron chi connectivity index (χ3n) is 5.39. The molecule has 0 aromatic heterocycles. The maximum Gasteiger partial charge on any atom is 0.343 e. The first-order valence-corrected chi connectivity index (χ1v) is 10.9. The monoisotopic (exact) mass is 454 g/mol. The van der Waals surface area contributed by atoms with Gasteiger partial charge in [-0.2, -0.15) is 0 Å². The predicted octanol–water partition coefficient (Wildman–Crippen LogP) is 5.99. The fourth-order valence-electron chi connectivity index (χ4n) is 3.69. The van der Waals surface area contributed by atoms with Gasteiger partial charge in [0.2, 0.25) is 0 Å². The molecule has 0 unspecified atom stereocenters. The summed E-state index contributed by atoms with van der Waals surface area (Å²) < 4.78 is 22.4. The number of carbonyl (C=O) groups excluding carboxylic acids is 1. The largest absolute Gasteiger partial charge is 0.497 e. The average molecular weight is 455 g/mol. The number of rotatable bonds is 9. The molecule has 3 aromatic rings. The molecule has 0 spiro atoms. The lowest BCUT2D eigenvalue weighted by Gasteiger charge is -2.16. The number of cyclic esters (lactones) is 1. The van der Waals surface area contributed by atoms with E-state index in [2.05, 4.69) is 6.58 Å². The molecule has 5 nitrogen and oxygen atoms in total. The number of hydrogen-bond acceptors (Lipinski definition) is 5. The van der Waals surface area contributed by atoms with Gasteiger partial charge >= 0.3 is 5.97 Å². The van der Waals surface area contributed by atoms with Crippen molar-refractivity contribution < 1.29 is 23.7 Å². The standard InChI is InChI=1S/C29H26O5/c1-4-8-23-15-21(17-27(32-3)28(23)33-19-20-9-6-5-7-10-20)16-24-18-26(34-29(24)30)22-11-13-25(31-2)14-12-22/h4-7,9-18H,1,8,19H2,2-3H3/b24-16+. The van der Waals surface area contributed by atoms with E-state index in [1.165, 1.54) is 0 Å². The average Bonchev–Trinajstić information content (AvgIpc) is 3.23. The highest BCUT2D eigenvalue weighted by Crippen LogP contribution is 2.36. The normalized spacial score (nSPS) is 13.9. The second kappa shape index (κ2) is 10.6. The van der Waals surface area contributed by atoms with Crippen LogP contribution in [-0.4, -0.2) is 20.2 Å². The van der Waals surface area contributed by atoms with Crippen LogP contribution in [0.4, 0.5) is 0 Å². The molecule has 1 aliphatic heterocycles. The van der Waals surface area contributed by atoms with Crippen molar-refractivity contribution in [2.24, 2.45) is 0 Å². The molecule has 5 heteroatoms. The molecule has 0 N–H and O–H groups in total. The van der Waals surface area contributed by atoms with E-state index in [1.807, 2.05) is 72.8 Å². The Balaban J connectivity index is 1.64. The highest BCUT2D eigenvalue weighted by atomic mass is 16.5. The smallest absolute Gasteiger partial charge is 0.343 e. The Kier molecular flexibility index (Phi) is 7.13. The number of ether oxygens (including phenoxy) is 4. The lowest BCUT2D eigenvalue weighted by Crippen LogP contribution is -2.02. The Morgan fingerprint density at radius 1 is 0.971 bits per heavy atom. The summed E-state index contributed by atoms with van der Waals surface area (Å²) in [6.45, 7) is 4.29. The first kappa shape index (κ1) is 22.9. The summed E-state index contributed by atoms with van der Waals surface area (Å²) in [6.07, 6.45) is 5.93. The third-order valence-corrected chi connectivity index (χ3v) is 5.39. The van der Waals surface area contributed by atoms with E-state index in [9.17, 15) is 4.79 Å². The van der Waals surface area contributed by atoms with Crippen molar-refractivity contribution in [3.63, 3.8) is 0 Å². The van der Waals surface area contributed by atoms with E-state index in [0.29, 0.717) is 35.9 Å². The zero-order valence-electron chi connectivity index (χ0n) is 19.2. The molecule has 0 atom stereocenters. The van der Waals surface area contributed by atoms with E-state index in [1.54, 1.807) is 26.4 Å². The van der Waals surface area contributed by atoms with Gasteiger partial charge in [-0.3, -0.25) is 0 Å². The molecule has 172 valence electrons. The lowest BCUT2D eigenvalue weighted by molar-refractivity contribution is -0.130. The zero-order chi connectivity index (χ0) is 23.9. The zero-order valence-corrected chi connectivity index (χ0v) is 19.2. The number of esters is 1. The SMILES string of the molecule is C=CCc1cc(/C=C2\C=C(c3ccc(OC)cc3)OC2=O)cc(OC)c1OCc1ccccc1. The Morgan fingerprint density at radius 2 is 1.74 bits per heavy atom. The highest BCUT2D eigenvalue weighted by Gasteiger charge is 2.22. The fraction of sp³-hybridized carbons (Fsp3) is 0.138. The molecule has 4 rings (SSSR count). The van der Waals surface area contributed by atoms with E-state index in [-0.39, 0.29) is 0 Å². The first-order chi connectivity index (χ1) is 16.6. The molecule has 0 aliphatic carbocycles. The molecule has 0 saturated heterocycles. The van der Waals surface area contributed by atoms with Crippen molar-refractivity contribution in [2.45, 2.75) is 13.0 Å². The van der Waals surface area contributed by atoms with Crippen LogP contribution in [0, 0.1) is 0 Å². The molecule has 1 heterocycles. The van der Waals surface area contributed by atoms with Crippen LogP contribution in [0.5, 0.6) is 17.2 Å². The van der Waals surface area contributed by atoms with Gasteiger partial charge in [0.1, 0.15) is 18.1 Å². The minimum Gasteiger partial charge on any atom is -0.497 e. The van der Waals surface area contributed by atoms with Crippen molar-refractivity contribution in [3.05, 3.63) is 113 Å². The maximum absolute atomic E-state index is 12.5. The molecule has 0 bridgehead atoms. The van der Waals surface area contributed by atoms with Crippen molar-refractivity contribution in [1.29, 1.82) is 0 Å². The minimum absolute atomic E-state index is 0.403. The van der Waals surface area contributed by atoms with Gasteiger partial charge in [-0.05, 0) is 66.1 Å². The Labute approximate surface area is 199 Å². The Hall–Kier alpha value is -4.25. The van der Waals surface area contributed by atoms with Gasteiger partial charge in [0, 0.05) is 11.1 Å². The molecule has 0 radical (unpaired) electrons. The molecular formula is C29H26O5. The molecular weight excluding hydrogens is 428 g/mol. The van der Waals surface area contributed by atoms with Crippen LogP contribution in [0.25, 0.3) is 11.8 Å². The maximum atomic E-state index is 12.5. The van der Waals surface area contributed by atoms with Crippen molar-refractivity contribution in [3.8, 4) is 17.2 Å². The lowest BCUT2D eigenvalue weighted by atomic mass is 10.0. The summed E-state index contributed by atoms with van der Waals surface area (Å²) in [5.41, 5.74) is 4.04. The van der Waals surface area contributed by atoms with E-state index in [0.717, 1.165) is 28.0 Å². The van der Waals surface area contributed by atoms with E-state index in [4.69, 9.17) is 18.9 Å². The van der Waals surface area contributed by atoms with Crippen LogP contribution in [0.1, 0.15) is 22.3 Å². The van der Waals surface area contributed by atoms with Crippen molar-refractivity contribution in [1.82, 2.24) is 0 Å². The number of methoxy groups -OCH3 is 2. The number of hydrogen-bond donors (Lipinski definition) is 0. The summed E-state index contributed by atoms with van der Waals surface area (Å²) in [6, 6.07) is 21.1. The van der Waals surface area contributed by atoms with Crippen LogP contribution in [0.3, 0.4) is 0 Å². The van der Waals surface area contributed by atoms with Crippen LogP contribution >= 0.6 is 0 Å². The second-order valence-electron chi connectivity index (χ2n) is 7.70. The summed E-state index contributed by atoms with van der Waals surface area (Å²) in [4.78, 5) is 12.5. The van der Waals surface area contributed by atoms with Gasteiger partial charge in [-0.1, -0.05) is 36.4 Å². The first-order valence-electron chi connectivity index (χ1n) is 10.9. The second-order valence-corrected chi connectivity index (χ2v) is 7.70. The topological polar surface area (TPSA) is 54.0 Å². The van der Waals surface area contributed by atoms with Gasteiger partial charge in [0.15, 0.2) is 11.5 Å². The van der Waals surface area contributed by atoms with Crippen LogP contribution in [0.2, 0.25) is 0 Å². The third kappa shape index (κ3) is 5.21. The predicted molar refractivity (Wildman–Crippen MR) is 133 cm³/mol. The van der Waals surface area contributed by atoms with Gasteiger partial charge in [0.25, 0.3) is 0 Å². The number of carbonyl (C=O) groups is 1. The van der Waals surface area contributed by atoms with E-state index < -0.39 is 5.97 Å². The van der Waals surface area contributed by atoms with Gasteiger partial charge in [-0.15, -0.1) is 6.58 Å². The summed E-state index contributed by atoms with van der Waals surface area (Å²) in [5.74, 6) is 2.09. The Bertz CT molecular complexity index is 1240. The molecule has 3 aromatic carbocycles. The fourth-order valence-corrected chi connectivity index (χ4v) is 3.69. The number of benzene rings is 3. The molecule has 1 aliphatic rings. The summed E-state index contributed by atoms with van der Waals surface area (Å²) in [7, 11) is 3.21. The van der Waals surface area contributed by atoms with Gasteiger partial charge in [-0.25, -0.2) is 4.79 Å². The quantitative estimate of drug-likeness (QED) is 0.226. The summed E-state index contributed by atoms with van der Waals surface area (Å²) >= 11 is 0. The van der Waals surface area contributed by atoms with Crippen LogP contribution in [0.15, 0.2) is 91.0 Å². The highest BCUT2D eigenvalue weighted by molar-refractivity contribution is 6.05. The van der Waals surface area contributed by atoms with Crippen LogP contribution in [-0.2, 0) is 22.6 Å². The molecule has 34 heavy (non-hydrogen) atoms. The Morgan fingerprint density at radius 3 is 2.41 bits per heavy atom. The molecule has 0 fully saturated rings. The number of allylic oxidation sites excluding steroid dienone is 1. The van der Waals surface area contributed by atoms with Crippen molar-refractivity contribution >= 4 is 17.8 Å². The van der Waals surface area contributed by atoms with Gasteiger partial charge in [0.05, 0.1) is 19.8 Å². The molecule has 0 amide bonds. The van der Waals surface area contributed by atoms with Gasteiger partial charge < -0.3 is 18.9 Å². The molecule has 0 saturated carbocycles.